The van der Waals surface area contributed by atoms with E-state index < -0.39 is 23.4 Å². The SMILES string of the molecule is CCOC(=O)c1[nH]cc(C(F)F)c(=O)c1Br. The largest absolute Gasteiger partial charge is 0.461 e. The zero-order chi connectivity index (χ0) is 12.3. The smallest absolute Gasteiger partial charge is 0.356 e. The summed E-state index contributed by atoms with van der Waals surface area (Å²) in [5.41, 5.74) is -1.78. The van der Waals surface area contributed by atoms with E-state index in [0.29, 0.717) is 0 Å². The average Bonchev–Trinajstić information content (AvgIpc) is 2.21. The van der Waals surface area contributed by atoms with Gasteiger partial charge in [0.25, 0.3) is 6.43 Å². The van der Waals surface area contributed by atoms with Crippen LogP contribution >= 0.6 is 15.9 Å². The van der Waals surface area contributed by atoms with Gasteiger partial charge in [-0.15, -0.1) is 0 Å². The number of carbonyl (C=O) groups is 1. The first kappa shape index (κ1) is 12.8. The predicted molar refractivity (Wildman–Crippen MR) is 55.7 cm³/mol. The van der Waals surface area contributed by atoms with Gasteiger partial charge in [0.1, 0.15) is 5.69 Å². The molecular weight excluding hydrogens is 288 g/mol. The normalized spacial score (nSPS) is 10.6. The Morgan fingerprint density at radius 1 is 1.62 bits per heavy atom. The molecule has 0 saturated carbocycles. The molecule has 0 atom stereocenters. The summed E-state index contributed by atoms with van der Waals surface area (Å²) in [6.07, 6.45) is -2.08. The average molecular weight is 296 g/mol. The number of hydrogen-bond donors (Lipinski definition) is 1. The van der Waals surface area contributed by atoms with E-state index in [4.69, 9.17) is 0 Å². The standard InChI is InChI=1S/C9H8BrF2NO3/c1-2-16-9(15)6-5(10)7(14)4(3-13-6)8(11)12/h3,8H,2H2,1H3,(H,13,14). The van der Waals surface area contributed by atoms with Gasteiger partial charge >= 0.3 is 5.97 Å². The van der Waals surface area contributed by atoms with E-state index in [0.717, 1.165) is 6.20 Å². The summed E-state index contributed by atoms with van der Waals surface area (Å²) in [4.78, 5) is 25.0. The zero-order valence-electron chi connectivity index (χ0n) is 8.22. The molecule has 16 heavy (non-hydrogen) atoms. The van der Waals surface area contributed by atoms with E-state index in [1.807, 2.05) is 0 Å². The highest BCUT2D eigenvalue weighted by molar-refractivity contribution is 9.10. The van der Waals surface area contributed by atoms with E-state index in [9.17, 15) is 18.4 Å². The first-order valence-electron chi connectivity index (χ1n) is 4.35. The van der Waals surface area contributed by atoms with Crippen molar-refractivity contribution in [1.82, 2.24) is 4.98 Å². The molecule has 4 nitrogen and oxygen atoms in total. The van der Waals surface area contributed by atoms with Gasteiger partial charge in [0.2, 0.25) is 5.43 Å². The van der Waals surface area contributed by atoms with Crippen molar-refractivity contribution < 1.29 is 18.3 Å². The van der Waals surface area contributed by atoms with Crippen LogP contribution in [0.4, 0.5) is 8.78 Å². The lowest BCUT2D eigenvalue weighted by Crippen LogP contribution is -2.18. The van der Waals surface area contributed by atoms with E-state index >= 15 is 0 Å². The van der Waals surface area contributed by atoms with Crippen LogP contribution in [0.2, 0.25) is 0 Å². The molecule has 88 valence electrons. The molecule has 1 aromatic rings. The Kier molecular flexibility index (Phi) is 4.17. The summed E-state index contributed by atoms with van der Waals surface area (Å²) >= 11 is 2.79. The van der Waals surface area contributed by atoms with Crippen LogP contribution in [0.25, 0.3) is 0 Å². The minimum atomic E-state index is -2.89. The van der Waals surface area contributed by atoms with Gasteiger partial charge in [0.15, 0.2) is 0 Å². The van der Waals surface area contributed by atoms with E-state index in [-0.39, 0.29) is 16.8 Å². The quantitative estimate of drug-likeness (QED) is 0.870. The molecule has 7 heteroatoms. The van der Waals surface area contributed by atoms with Gasteiger partial charge in [-0.3, -0.25) is 4.79 Å². The monoisotopic (exact) mass is 295 g/mol. The summed E-state index contributed by atoms with van der Waals surface area (Å²) in [5.74, 6) is -0.771. The maximum atomic E-state index is 12.3. The molecule has 0 amide bonds. The molecular formula is C9H8BrF2NO3. The molecule has 0 bridgehead atoms. The lowest BCUT2D eigenvalue weighted by atomic mass is 10.2. The third-order valence-electron chi connectivity index (χ3n) is 1.77. The Labute approximate surface area is 97.7 Å². The summed E-state index contributed by atoms with van der Waals surface area (Å²) in [7, 11) is 0. The molecule has 0 aliphatic rings. The first-order chi connectivity index (χ1) is 7.49. The Morgan fingerprint density at radius 2 is 2.25 bits per heavy atom. The molecule has 0 saturated heterocycles. The molecule has 0 aliphatic carbocycles. The lowest BCUT2D eigenvalue weighted by Gasteiger charge is -2.05. The Morgan fingerprint density at radius 3 is 2.75 bits per heavy atom. The number of H-pyrrole nitrogens is 1. The van der Waals surface area contributed by atoms with Gasteiger partial charge < -0.3 is 9.72 Å². The number of aromatic amines is 1. The molecule has 1 heterocycles. The van der Waals surface area contributed by atoms with Crippen molar-refractivity contribution in [3.05, 3.63) is 32.2 Å². The number of hydrogen-bond acceptors (Lipinski definition) is 3. The molecule has 1 aromatic heterocycles. The van der Waals surface area contributed by atoms with Crippen molar-refractivity contribution in [3.63, 3.8) is 0 Å². The fraction of sp³-hybridized carbons (Fsp3) is 0.333. The number of aromatic nitrogens is 1. The number of nitrogens with one attached hydrogen (secondary N) is 1. The van der Waals surface area contributed by atoms with Gasteiger partial charge in [-0.2, -0.15) is 0 Å². The summed E-state index contributed by atoms with van der Waals surface area (Å²) in [5, 5.41) is 0. The number of esters is 1. The van der Waals surface area contributed by atoms with Crippen molar-refractivity contribution in [2.45, 2.75) is 13.3 Å². The number of alkyl halides is 2. The molecule has 0 spiro atoms. The van der Waals surface area contributed by atoms with E-state index in [1.54, 1.807) is 6.92 Å². The van der Waals surface area contributed by atoms with Gasteiger partial charge in [-0.05, 0) is 22.9 Å². The topological polar surface area (TPSA) is 59.2 Å². The van der Waals surface area contributed by atoms with Gasteiger partial charge in [0.05, 0.1) is 16.6 Å². The lowest BCUT2D eigenvalue weighted by molar-refractivity contribution is 0.0517. The van der Waals surface area contributed by atoms with Gasteiger partial charge in [-0.1, -0.05) is 0 Å². The Balaban J connectivity index is 3.22. The maximum Gasteiger partial charge on any atom is 0.356 e. The third kappa shape index (κ3) is 2.46. The van der Waals surface area contributed by atoms with Crippen molar-refractivity contribution in [2.24, 2.45) is 0 Å². The maximum absolute atomic E-state index is 12.3. The highest BCUT2D eigenvalue weighted by atomic mass is 79.9. The number of carbonyl (C=O) groups excluding carboxylic acids is 1. The summed E-state index contributed by atoms with van der Waals surface area (Å²) in [6, 6.07) is 0. The second-order valence-electron chi connectivity index (χ2n) is 2.78. The van der Waals surface area contributed by atoms with Gasteiger partial charge in [0, 0.05) is 6.20 Å². The fourth-order valence-electron chi connectivity index (χ4n) is 1.03. The zero-order valence-corrected chi connectivity index (χ0v) is 9.81. The van der Waals surface area contributed by atoms with Crippen molar-refractivity contribution in [3.8, 4) is 0 Å². The molecule has 0 aliphatic heterocycles. The van der Waals surface area contributed by atoms with Gasteiger partial charge in [-0.25, -0.2) is 13.6 Å². The van der Waals surface area contributed by atoms with Crippen LogP contribution in [0.15, 0.2) is 15.5 Å². The molecule has 1 N–H and O–H groups in total. The second kappa shape index (κ2) is 5.20. The van der Waals surface area contributed by atoms with E-state index in [1.165, 1.54) is 0 Å². The second-order valence-corrected chi connectivity index (χ2v) is 3.58. The summed E-state index contributed by atoms with van der Waals surface area (Å²) in [6.45, 7) is 1.72. The van der Waals surface area contributed by atoms with Crippen molar-refractivity contribution in [2.75, 3.05) is 6.61 Å². The molecule has 0 aromatic carbocycles. The molecule has 0 radical (unpaired) electrons. The fourth-order valence-corrected chi connectivity index (χ4v) is 1.54. The highest BCUT2D eigenvalue weighted by Gasteiger charge is 2.20. The minimum absolute atomic E-state index is 0.129. The molecule has 0 fully saturated rings. The Bertz CT molecular complexity index is 459. The van der Waals surface area contributed by atoms with Crippen molar-refractivity contribution in [1.29, 1.82) is 0 Å². The molecule has 1 rings (SSSR count). The van der Waals surface area contributed by atoms with Crippen LogP contribution in [0.1, 0.15) is 29.4 Å². The van der Waals surface area contributed by atoms with Crippen LogP contribution < -0.4 is 5.43 Å². The number of rotatable bonds is 3. The Hall–Kier alpha value is -1.24. The van der Waals surface area contributed by atoms with Crippen LogP contribution in [0.5, 0.6) is 0 Å². The highest BCUT2D eigenvalue weighted by Crippen LogP contribution is 2.18. The summed E-state index contributed by atoms with van der Waals surface area (Å²) < 4.78 is 29.1. The number of halogens is 3. The number of ether oxygens (including phenoxy) is 1. The van der Waals surface area contributed by atoms with Crippen LogP contribution in [-0.2, 0) is 4.74 Å². The molecule has 0 unspecified atom stereocenters. The predicted octanol–water partition coefficient (Wildman–Crippen LogP) is 2.25. The van der Waals surface area contributed by atoms with Crippen molar-refractivity contribution >= 4 is 21.9 Å². The minimum Gasteiger partial charge on any atom is -0.461 e. The van der Waals surface area contributed by atoms with Crippen LogP contribution in [-0.4, -0.2) is 17.6 Å². The van der Waals surface area contributed by atoms with E-state index in [2.05, 4.69) is 25.7 Å². The number of pyridine rings is 1. The van der Waals surface area contributed by atoms with Crippen LogP contribution in [0, 0.1) is 0 Å². The first-order valence-corrected chi connectivity index (χ1v) is 5.14. The van der Waals surface area contributed by atoms with Crippen LogP contribution in [0.3, 0.4) is 0 Å². The third-order valence-corrected chi connectivity index (χ3v) is 2.52.